The van der Waals surface area contributed by atoms with Crippen LogP contribution in [-0.4, -0.2) is 60.1 Å². The molecule has 34 heavy (non-hydrogen) atoms. The number of amides is 2. The Kier molecular flexibility index (Phi) is 8.56. The zero-order chi connectivity index (χ0) is 24.7. The summed E-state index contributed by atoms with van der Waals surface area (Å²) in [5, 5.41) is 11.4. The summed E-state index contributed by atoms with van der Waals surface area (Å²) in [6.07, 6.45) is -3.85. The SMILES string of the molecule is CCCN(CC(F)F)C(=O)C(CCC(=O)O)NC(=O)OCC1c2ccccc2-c2ccccc21. The maximum Gasteiger partial charge on any atom is 0.407 e. The largest absolute Gasteiger partial charge is 0.481 e. The van der Waals surface area contributed by atoms with E-state index in [4.69, 9.17) is 9.84 Å². The molecule has 2 N–H and O–H groups in total. The number of carboxylic acid groups (broad SMARTS) is 1. The molecule has 7 nitrogen and oxygen atoms in total. The van der Waals surface area contributed by atoms with Crippen LogP contribution in [0.1, 0.15) is 43.2 Å². The Labute approximate surface area is 196 Å². The lowest BCUT2D eigenvalue weighted by Gasteiger charge is -2.27. The molecule has 1 unspecified atom stereocenters. The zero-order valence-corrected chi connectivity index (χ0v) is 18.9. The van der Waals surface area contributed by atoms with Gasteiger partial charge in [-0.3, -0.25) is 9.59 Å². The maximum absolute atomic E-state index is 12.9. The van der Waals surface area contributed by atoms with Crippen molar-refractivity contribution in [3.05, 3.63) is 59.7 Å². The van der Waals surface area contributed by atoms with Gasteiger partial charge in [0.1, 0.15) is 12.6 Å². The third kappa shape index (κ3) is 6.09. The molecule has 0 saturated carbocycles. The average Bonchev–Trinajstić information content (AvgIpc) is 3.13. The fourth-order valence-electron chi connectivity index (χ4n) is 4.26. The quantitative estimate of drug-likeness (QED) is 0.507. The molecule has 0 aliphatic heterocycles. The van der Waals surface area contributed by atoms with Gasteiger partial charge in [0.25, 0.3) is 6.43 Å². The maximum atomic E-state index is 12.9. The molecule has 2 amide bonds. The van der Waals surface area contributed by atoms with Crippen LogP contribution in [0.4, 0.5) is 13.6 Å². The first-order valence-corrected chi connectivity index (χ1v) is 11.2. The smallest absolute Gasteiger partial charge is 0.407 e. The monoisotopic (exact) mass is 474 g/mol. The summed E-state index contributed by atoms with van der Waals surface area (Å²) in [6, 6.07) is 14.3. The number of halogens is 2. The number of benzene rings is 2. The van der Waals surface area contributed by atoms with Crippen LogP contribution in [0, 0.1) is 0 Å². The van der Waals surface area contributed by atoms with E-state index < -0.39 is 43.4 Å². The Morgan fingerprint density at radius 3 is 2.18 bits per heavy atom. The van der Waals surface area contributed by atoms with Crippen LogP contribution in [0.25, 0.3) is 11.1 Å². The van der Waals surface area contributed by atoms with Gasteiger partial charge >= 0.3 is 12.1 Å². The molecule has 0 saturated heterocycles. The summed E-state index contributed by atoms with van der Waals surface area (Å²) in [6.45, 7) is 1.02. The van der Waals surface area contributed by atoms with Crippen molar-refractivity contribution in [1.29, 1.82) is 0 Å². The van der Waals surface area contributed by atoms with Gasteiger partial charge in [-0.15, -0.1) is 0 Å². The summed E-state index contributed by atoms with van der Waals surface area (Å²) in [7, 11) is 0. The minimum atomic E-state index is -2.75. The molecule has 0 spiro atoms. The van der Waals surface area contributed by atoms with Gasteiger partial charge in [0.05, 0.1) is 6.54 Å². The fraction of sp³-hybridized carbons (Fsp3) is 0.400. The summed E-state index contributed by atoms with van der Waals surface area (Å²) >= 11 is 0. The number of hydrogen-bond acceptors (Lipinski definition) is 4. The van der Waals surface area contributed by atoms with Crippen molar-refractivity contribution >= 4 is 18.0 Å². The lowest BCUT2D eigenvalue weighted by Crippen LogP contribution is -2.50. The standard InChI is InChI=1S/C25H28F2N2O5/c1-2-13-29(14-22(26)27)24(32)21(11-12-23(30)31)28-25(33)34-15-20-18-9-5-3-7-16(18)17-8-4-6-10-19(17)20/h3-10,20-22H,2,11-15H2,1H3,(H,28,33)(H,30,31). The molecule has 3 rings (SSSR count). The summed E-state index contributed by atoms with van der Waals surface area (Å²) in [5.74, 6) is -2.11. The van der Waals surface area contributed by atoms with E-state index in [1.165, 1.54) is 0 Å². The van der Waals surface area contributed by atoms with E-state index >= 15 is 0 Å². The first-order chi connectivity index (χ1) is 16.3. The second kappa shape index (κ2) is 11.6. The van der Waals surface area contributed by atoms with E-state index in [1.807, 2.05) is 48.5 Å². The first-order valence-electron chi connectivity index (χ1n) is 11.2. The molecule has 0 heterocycles. The van der Waals surface area contributed by atoms with Crippen molar-refractivity contribution in [3.63, 3.8) is 0 Å². The highest BCUT2D eigenvalue weighted by atomic mass is 19.3. The van der Waals surface area contributed by atoms with E-state index in [9.17, 15) is 23.2 Å². The van der Waals surface area contributed by atoms with Crippen LogP contribution in [0.5, 0.6) is 0 Å². The number of carboxylic acids is 1. The van der Waals surface area contributed by atoms with Crippen molar-refractivity contribution in [2.45, 2.75) is 44.6 Å². The number of alkyl carbamates (subject to hydrolysis) is 1. The molecule has 1 aliphatic rings. The van der Waals surface area contributed by atoms with Crippen molar-refractivity contribution < 1.29 is 33.0 Å². The number of nitrogens with zero attached hydrogens (tertiary/aromatic N) is 1. The van der Waals surface area contributed by atoms with Gasteiger partial charge in [0.15, 0.2) is 0 Å². The second-order valence-electron chi connectivity index (χ2n) is 8.13. The highest BCUT2D eigenvalue weighted by Crippen LogP contribution is 2.44. The molecule has 0 fully saturated rings. The van der Waals surface area contributed by atoms with Gasteiger partial charge in [0.2, 0.25) is 5.91 Å². The van der Waals surface area contributed by atoms with Gasteiger partial charge in [-0.2, -0.15) is 0 Å². The van der Waals surface area contributed by atoms with Gasteiger partial charge < -0.3 is 20.1 Å². The lowest BCUT2D eigenvalue weighted by atomic mass is 9.98. The van der Waals surface area contributed by atoms with Crippen LogP contribution < -0.4 is 5.32 Å². The van der Waals surface area contributed by atoms with E-state index in [2.05, 4.69) is 5.32 Å². The molecule has 2 aromatic carbocycles. The Hall–Kier alpha value is -3.49. The minimum absolute atomic E-state index is 0.00933. The number of rotatable bonds is 11. The Balaban J connectivity index is 1.70. The van der Waals surface area contributed by atoms with E-state index in [0.29, 0.717) is 6.42 Å². The lowest BCUT2D eigenvalue weighted by molar-refractivity contribution is -0.138. The normalized spacial score (nSPS) is 13.2. The zero-order valence-electron chi connectivity index (χ0n) is 18.9. The van der Waals surface area contributed by atoms with Crippen molar-refractivity contribution in [3.8, 4) is 11.1 Å². The number of carbonyl (C=O) groups is 3. The molecule has 2 aromatic rings. The van der Waals surface area contributed by atoms with E-state index in [-0.39, 0.29) is 25.5 Å². The summed E-state index contributed by atoms with van der Waals surface area (Å²) in [5.41, 5.74) is 4.15. The molecule has 182 valence electrons. The highest BCUT2D eigenvalue weighted by molar-refractivity contribution is 5.86. The fourth-order valence-corrected chi connectivity index (χ4v) is 4.26. The molecular formula is C25H28F2N2O5. The number of fused-ring (bicyclic) bond motifs is 3. The van der Waals surface area contributed by atoms with Crippen LogP contribution in [0.2, 0.25) is 0 Å². The second-order valence-corrected chi connectivity index (χ2v) is 8.13. The average molecular weight is 475 g/mol. The third-order valence-corrected chi connectivity index (χ3v) is 5.74. The number of ether oxygens (including phenoxy) is 1. The van der Waals surface area contributed by atoms with Gasteiger partial charge in [0, 0.05) is 18.9 Å². The molecule has 1 atom stereocenters. The summed E-state index contributed by atoms with van der Waals surface area (Å²) < 4.78 is 31.3. The Morgan fingerprint density at radius 1 is 1.06 bits per heavy atom. The van der Waals surface area contributed by atoms with Crippen molar-refractivity contribution in [1.82, 2.24) is 10.2 Å². The third-order valence-electron chi connectivity index (χ3n) is 5.74. The highest BCUT2D eigenvalue weighted by Gasteiger charge is 2.31. The van der Waals surface area contributed by atoms with E-state index in [1.54, 1.807) is 6.92 Å². The van der Waals surface area contributed by atoms with Crippen LogP contribution >= 0.6 is 0 Å². The topological polar surface area (TPSA) is 95.9 Å². The molecule has 0 aromatic heterocycles. The number of aliphatic carboxylic acids is 1. The molecule has 1 aliphatic carbocycles. The Bertz CT molecular complexity index is 984. The van der Waals surface area contributed by atoms with Crippen LogP contribution in [-0.2, 0) is 14.3 Å². The van der Waals surface area contributed by atoms with Crippen molar-refractivity contribution in [2.75, 3.05) is 19.7 Å². The predicted molar refractivity (Wildman–Crippen MR) is 122 cm³/mol. The first kappa shape index (κ1) is 25.1. The predicted octanol–water partition coefficient (Wildman–Crippen LogP) is 4.26. The van der Waals surface area contributed by atoms with Crippen LogP contribution in [0.3, 0.4) is 0 Å². The molecular weight excluding hydrogens is 446 g/mol. The number of hydrogen-bond donors (Lipinski definition) is 2. The van der Waals surface area contributed by atoms with Crippen LogP contribution in [0.15, 0.2) is 48.5 Å². The number of carbonyl (C=O) groups excluding carboxylic acids is 2. The molecule has 9 heteroatoms. The van der Waals surface area contributed by atoms with Gasteiger partial charge in [-0.25, -0.2) is 13.6 Å². The number of alkyl halides is 2. The Morgan fingerprint density at radius 2 is 1.65 bits per heavy atom. The minimum Gasteiger partial charge on any atom is -0.481 e. The molecule has 0 bridgehead atoms. The van der Waals surface area contributed by atoms with Gasteiger partial charge in [-0.05, 0) is 35.1 Å². The molecule has 0 radical (unpaired) electrons. The number of nitrogens with one attached hydrogen (secondary N) is 1. The van der Waals surface area contributed by atoms with Gasteiger partial charge in [-0.1, -0.05) is 55.5 Å². The van der Waals surface area contributed by atoms with Crippen molar-refractivity contribution in [2.24, 2.45) is 0 Å². The van der Waals surface area contributed by atoms with E-state index in [0.717, 1.165) is 27.2 Å². The summed E-state index contributed by atoms with van der Waals surface area (Å²) in [4.78, 5) is 37.4.